The molecule has 4 rings (SSSR count). The third kappa shape index (κ3) is 3.64. The van der Waals surface area contributed by atoms with Crippen molar-refractivity contribution in [1.29, 1.82) is 0 Å². The Labute approximate surface area is 161 Å². The van der Waals surface area contributed by atoms with E-state index < -0.39 is 11.9 Å². The predicted octanol–water partition coefficient (Wildman–Crippen LogP) is 2.38. The van der Waals surface area contributed by atoms with E-state index in [1.807, 2.05) is 24.4 Å². The molecule has 1 aromatic heterocycles. The second-order valence-electron chi connectivity index (χ2n) is 6.65. The van der Waals surface area contributed by atoms with Gasteiger partial charge in [-0.1, -0.05) is 24.3 Å². The number of piperazine rings is 1. The van der Waals surface area contributed by atoms with E-state index in [1.165, 1.54) is 17.0 Å². The van der Waals surface area contributed by atoms with Crippen molar-refractivity contribution in [2.75, 3.05) is 13.1 Å². The molecular formula is C21H19FN4O2. The maximum Gasteiger partial charge on any atom is 0.254 e. The normalized spacial score (nSPS) is 16.7. The molecule has 2 amide bonds. The lowest BCUT2D eigenvalue weighted by atomic mass is 10.0. The summed E-state index contributed by atoms with van der Waals surface area (Å²) < 4.78 is 15.5. The summed E-state index contributed by atoms with van der Waals surface area (Å²) >= 11 is 0. The van der Waals surface area contributed by atoms with E-state index in [1.54, 1.807) is 35.1 Å². The first kappa shape index (κ1) is 17.9. The zero-order valence-corrected chi connectivity index (χ0v) is 15.1. The van der Waals surface area contributed by atoms with Crippen LogP contribution in [0.15, 0.2) is 67.0 Å². The van der Waals surface area contributed by atoms with Crippen molar-refractivity contribution in [2.24, 2.45) is 0 Å². The van der Waals surface area contributed by atoms with E-state index in [2.05, 4.69) is 10.4 Å². The number of carbonyl (C=O) groups is 2. The Morgan fingerprint density at radius 3 is 2.82 bits per heavy atom. The first-order valence-electron chi connectivity index (χ1n) is 9.02. The van der Waals surface area contributed by atoms with Crippen LogP contribution in [0.25, 0.3) is 0 Å². The van der Waals surface area contributed by atoms with Gasteiger partial charge in [0.1, 0.15) is 11.9 Å². The molecular weight excluding hydrogens is 359 g/mol. The average molecular weight is 378 g/mol. The summed E-state index contributed by atoms with van der Waals surface area (Å²) in [7, 11) is 0. The summed E-state index contributed by atoms with van der Waals surface area (Å²) in [5.41, 5.74) is 1.87. The monoisotopic (exact) mass is 378 g/mol. The third-order valence-corrected chi connectivity index (χ3v) is 4.71. The fourth-order valence-corrected chi connectivity index (χ4v) is 3.44. The molecule has 28 heavy (non-hydrogen) atoms. The Balaban J connectivity index is 1.63. The molecule has 1 fully saturated rings. The summed E-state index contributed by atoms with van der Waals surface area (Å²) in [6, 6.07) is 14.1. The molecule has 1 N–H and O–H groups in total. The number of aromatic nitrogens is 2. The van der Waals surface area contributed by atoms with Crippen LogP contribution in [0, 0.1) is 5.82 Å². The van der Waals surface area contributed by atoms with Gasteiger partial charge in [-0.3, -0.25) is 14.3 Å². The van der Waals surface area contributed by atoms with Gasteiger partial charge in [0.2, 0.25) is 5.91 Å². The van der Waals surface area contributed by atoms with E-state index >= 15 is 0 Å². The number of nitrogens with zero attached hydrogens (tertiary/aromatic N) is 3. The lowest BCUT2D eigenvalue weighted by molar-refractivity contribution is -0.128. The lowest BCUT2D eigenvalue weighted by Gasteiger charge is -2.35. The Morgan fingerprint density at radius 2 is 2.04 bits per heavy atom. The van der Waals surface area contributed by atoms with Crippen molar-refractivity contribution < 1.29 is 14.0 Å². The quantitative estimate of drug-likeness (QED) is 0.758. The number of rotatable bonds is 4. The van der Waals surface area contributed by atoms with Crippen LogP contribution < -0.4 is 5.32 Å². The molecule has 142 valence electrons. The van der Waals surface area contributed by atoms with Crippen LogP contribution in [0.5, 0.6) is 0 Å². The molecule has 2 aromatic carbocycles. The average Bonchev–Trinajstić information content (AvgIpc) is 3.20. The summed E-state index contributed by atoms with van der Waals surface area (Å²) in [6.07, 6.45) is 3.55. The minimum atomic E-state index is -0.855. The zero-order valence-electron chi connectivity index (χ0n) is 15.1. The van der Waals surface area contributed by atoms with Crippen molar-refractivity contribution in [3.05, 3.63) is 89.5 Å². The Kier molecular flexibility index (Phi) is 4.89. The summed E-state index contributed by atoms with van der Waals surface area (Å²) in [5, 5.41) is 6.94. The van der Waals surface area contributed by atoms with Crippen molar-refractivity contribution in [3.63, 3.8) is 0 Å². The molecule has 1 unspecified atom stereocenters. The topological polar surface area (TPSA) is 67.2 Å². The van der Waals surface area contributed by atoms with Gasteiger partial charge in [0, 0.05) is 31.0 Å². The van der Waals surface area contributed by atoms with Crippen LogP contribution in [0.3, 0.4) is 0 Å². The largest absolute Gasteiger partial charge is 0.352 e. The van der Waals surface area contributed by atoms with Gasteiger partial charge in [-0.25, -0.2) is 4.39 Å². The molecule has 0 saturated carbocycles. The SMILES string of the molecule is O=C1NCCN(C(=O)c2cccc(Cn3cccn3)c2)C1c1cccc(F)c1. The van der Waals surface area contributed by atoms with Gasteiger partial charge in [0.05, 0.1) is 6.54 Å². The fourth-order valence-electron chi connectivity index (χ4n) is 3.44. The van der Waals surface area contributed by atoms with Gasteiger partial charge in [-0.05, 0) is 41.5 Å². The van der Waals surface area contributed by atoms with Crippen molar-refractivity contribution in [2.45, 2.75) is 12.6 Å². The minimum Gasteiger partial charge on any atom is -0.352 e. The Morgan fingerprint density at radius 1 is 1.18 bits per heavy atom. The van der Waals surface area contributed by atoms with E-state index in [9.17, 15) is 14.0 Å². The molecule has 6 nitrogen and oxygen atoms in total. The number of carbonyl (C=O) groups excluding carboxylic acids is 2. The van der Waals surface area contributed by atoms with Crippen LogP contribution in [-0.2, 0) is 11.3 Å². The number of benzene rings is 2. The van der Waals surface area contributed by atoms with E-state index in [0.29, 0.717) is 30.8 Å². The smallest absolute Gasteiger partial charge is 0.254 e. The number of hydrogen-bond donors (Lipinski definition) is 1. The molecule has 7 heteroatoms. The standard InChI is InChI=1S/C21H19FN4O2/c22-18-7-2-5-16(13-18)19-20(27)23-9-11-26(19)21(28)17-6-1-4-15(12-17)14-25-10-3-8-24-25/h1-8,10,12-13,19H,9,11,14H2,(H,23,27). The Hall–Kier alpha value is -3.48. The molecule has 1 aliphatic heterocycles. The number of amides is 2. The van der Waals surface area contributed by atoms with Gasteiger partial charge < -0.3 is 10.2 Å². The molecule has 1 saturated heterocycles. The van der Waals surface area contributed by atoms with Crippen molar-refractivity contribution in [3.8, 4) is 0 Å². The van der Waals surface area contributed by atoms with Crippen LogP contribution in [0.2, 0.25) is 0 Å². The van der Waals surface area contributed by atoms with Gasteiger partial charge in [0.25, 0.3) is 5.91 Å². The predicted molar refractivity (Wildman–Crippen MR) is 101 cm³/mol. The summed E-state index contributed by atoms with van der Waals surface area (Å²) in [4.78, 5) is 27.2. The first-order chi connectivity index (χ1) is 13.6. The zero-order chi connectivity index (χ0) is 19.5. The maximum atomic E-state index is 13.7. The second kappa shape index (κ2) is 7.64. The lowest BCUT2D eigenvalue weighted by Crippen LogP contribution is -2.52. The van der Waals surface area contributed by atoms with Crippen LogP contribution >= 0.6 is 0 Å². The molecule has 1 aliphatic rings. The number of nitrogens with one attached hydrogen (secondary N) is 1. The van der Waals surface area contributed by atoms with Crippen LogP contribution in [-0.4, -0.2) is 39.6 Å². The highest BCUT2D eigenvalue weighted by molar-refractivity contribution is 5.98. The van der Waals surface area contributed by atoms with E-state index in [4.69, 9.17) is 0 Å². The molecule has 0 radical (unpaired) electrons. The van der Waals surface area contributed by atoms with Crippen molar-refractivity contribution >= 4 is 11.8 Å². The number of hydrogen-bond acceptors (Lipinski definition) is 3. The highest BCUT2D eigenvalue weighted by Crippen LogP contribution is 2.26. The van der Waals surface area contributed by atoms with E-state index in [0.717, 1.165) is 5.56 Å². The molecule has 1 atom stereocenters. The fraction of sp³-hybridized carbons (Fsp3) is 0.190. The van der Waals surface area contributed by atoms with Crippen molar-refractivity contribution in [1.82, 2.24) is 20.0 Å². The third-order valence-electron chi connectivity index (χ3n) is 4.71. The minimum absolute atomic E-state index is 0.258. The molecule has 2 heterocycles. The van der Waals surface area contributed by atoms with Gasteiger partial charge >= 0.3 is 0 Å². The summed E-state index contributed by atoms with van der Waals surface area (Å²) in [5.74, 6) is -1.01. The maximum absolute atomic E-state index is 13.7. The molecule has 0 aliphatic carbocycles. The van der Waals surface area contributed by atoms with Gasteiger partial charge in [-0.2, -0.15) is 5.10 Å². The van der Waals surface area contributed by atoms with E-state index in [-0.39, 0.29) is 11.8 Å². The summed E-state index contributed by atoms with van der Waals surface area (Å²) in [6.45, 7) is 1.26. The second-order valence-corrected chi connectivity index (χ2v) is 6.65. The number of halogens is 1. The molecule has 0 spiro atoms. The molecule has 3 aromatic rings. The van der Waals surface area contributed by atoms with Gasteiger partial charge in [0.15, 0.2) is 0 Å². The highest BCUT2D eigenvalue weighted by Gasteiger charge is 2.35. The molecule has 0 bridgehead atoms. The highest BCUT2D eigenvalue weighted by atomic mass is 19.1. The van der Waals surface area contributed by atoms with Crippen LogP contribution in [0.4, 0.5) is 4.39 Å². The Bertz CT molecular complexity index is 1000. The van der Waals surface area contributed by atoms with Gasteiger partial charge in [-0.15, -0.1) is 0 Å². The van der Waals surface area contributed by atoms with Crippen LogP contribution in [0.1, 0.15) is 27.5 Å². The first-order valence-corrected chi connectivity index (χ1v) is 9.02.